The van der Waals surface area contributed by atoms with Crippen LogP contribution in [-0.2, 0) is 26.2 Å². The Balaban J connectivity index is 1.69. The second-order valence-electron chi connectivity index (χ2n) is 10.1. The first-order chi connectivity index (χ1) is 19.0. The van der Waals surface area contributed by atoms with Crippen molar-refractivity contribution in [2.24, 2.45) is 0 Å². The van der Waals surface area contributed by atoms with Crippen LogP contribution in [0.5, 0.6) is 0 Å². The van der Waals surface area contributed by atoms with Crippen LogP contribution in [0.25, 0.3) is 0 Å². The van der Waals surface area contributed by atoms with Gasteiger partial charge in [0.25, 0.3) is 10.0 Å². The van der Waals surface area contributed by atoms with E-state index in [1.807, 2.05) is 13.0 Å². The number of nitrogens with zero attached hydrogens (tertiary/aromatic N) is 2. The van der Waals surface area contributed by atoms with E-state index in [-0.39, 0.29) is 29.1 Å². The molecule has 0 bridgehead atoms. The lowest BCUT2D eigenvalue weighted by molar-refractivity contribution is -0.139. The SMILES string of the molecule is Cc1ccc(S(=O)(=O)N(CC(=O)N(Cc2cccc(Cl)c2)[C@H](C)C(=O)NC2CCCC2)c2cccc(Cl)c2)cc1. The predicted octanol–water partition coefficient (Wildman–Crippen LogP) is 5.97. The van der Waals surface area contributed by atoms with Crippen molar-refractivity contribution < 1.29 is 18.0 Å². The molecule has 0 radical (unpaired) electrons. The molecule has 40 heavy (non-hydrogen) atoms. The van der Waals surface area contributed by atoms with Crippen molar-refractivity contribution in [1.82, 2.24) is 10.2 Å². The lowest BCUT2D eigenvalue weighted by Gasteiger charge is -2.32. The molecule has 0 aliphatic heterocycles. The largest absolute Gasteiger partial charge is 0.352 e. The van der Waals surface area contributed by atoms with Crippen molar-refractivity contribution in [3.8, 4) is 0 Å². The minimum atomic E-state index is -4.15. The first kappa shape index (κ1) is 29.9. The van der Waals surface area contributed by atoms with Gasteiger partial charge in [-0.1, -0.05) is 71.9 Å². The van der Waals surface area contributed by atoms with E-state index in [1.54, 1.807) is 55.5 Å². The second-order valence-corrected chi connectivity index (χ2v) is 12.9. The Morgan fingerprint density at radius 2 is 1.57 bits per heavy atom. The monoisotopic (exact) mass is 601 g/mol. The third-order valence-electron chi connectivity index (χ3n) is 7.09. The van der Waals surface area contributed by atoms with E-state index in [0.717, 1.165) is 41.1 Å². The molecule has 0 aromatic heterocycles. The third kappa shape index (κ3) is 7.36. The van der Waals surface area contributed by atoms with Gasteiger partial charge in [-0.15, -0.1) is 0 Å². The number of nitrogens with one attached hydrogen (secondary N) is 1. The number of hydrogen-bond donors (Lipinski definition) is 1. The molecule has 0 spiro atoms. The number of sulfonamides is 1. The third-order valence-corrected chi connectivity index (χ3v) is 9.35. The van der Waals surface area contributed by atoms with Crippen molar-refractivity contribution in [1.29, 1.82) is 0 Å². The molecule has 1 saturated carbocycles. The predicted molar refractivity (Wildman–Crippen MR) is 159 cm³/mol. The first-order valence-corrected chi connectivity index (χ1v) is 15.4. The van der Waals surface area contributed by atoms with Gasteiger partial charge in [-0.2, -0.15) is 0 Å². The Morgan fingerprint density at radius 3 is 2.20 bits per heavy atom. The van der Waals surface area contributed by atoms with Gasteiger partial charge in [0.15, 0.2) is 0 Å². The van der Waals surface area contributed by atoms with Crippen LogP contribution in [0, 0.1) is 6.92 Å². The number of aryl methyl sites for hydroxylation is 1. The number of amides is 2. The first-order valence-electron chi connectivity index (χ1n) is 13.2. The van der Waals surface area contributed by atoms with Gasteiger partial charge in [0, 0.05) is 22.6 Å². The van der Waals surface area contributed by atoms with Gasteiger partial charge in [0.1, 0.15) is 12.6 Å². The number of benzene rings is 3. The number of hydrogen-bond acceptors (Lipinski definition) is 4. The summed E-state index contributed by atoms with van der Waals surface area (Å²) < 4.78 is 28.8. The van der Waals surface area contributed by atoms with Crippen LogP contribution in [0.3, 0.4) is 0 Å². The van der Waals surface area contributed by atoms with Gasteiger partial charge in [0.2, 0.25) is 11.8 Å². The van der Waals surface area contributed by atoms with Gasteiger partial charge >= 0.3 is 0 Å². The quantitative estimate of drug-likeness (QED) is 0.310. The molecular weight excluding hydrogens is 569 g/mol. The molecule has 212 valence electrons. The summed E-state index contributed by atoms with van der Waals surface area (Å²) in [5.74, 6) is -0.817. The fourth-order valence-corrected chi connectivity index (χ4v) is 6.61. The molecule has 1 N–H and O–H groups in total. The molecule has 7 nitrogen and oxygen atoms in total. The maximum Gasteiger partial charge on any atom is 0.264 e. The Kier molecular flexibility index (Phi) is 9.77. The van der Waals surface area contributed by atoms with Crippen LogP contribution < -0.4 is 9.62 Å². The summed E-state index contributed by atoms with van der Waals surface area (Å²) in [7, 11) is -4.15. The minimum Gasteiger partial charge on any atom is -0.352 e. The van der Waals surface area contributed by atoms with Crippen molar-refractivity contribution in [3.63, 3.8) is 0 Å². The van der Waals surface area contributed by atoms with Crippen molar-refractivity contribution >= 4 is 50.7 Å². The zero-order valence-electron chi connectivity index (χ0n) is 22.5. The Hall–Kier alpha value is -3.07. The number of carbonyl (C=O) groups excluding carboxylic acids is 2. The normalized spacial score (nSPS) is 14.5. The number of carbonyl (C=O) groups is 2. The average Bonchev–Trinajstić information content (AvgIpc) is 3.43. The number of anilines is 1. The van der Waals surface area contributed by atoms with Crippen LogP contribution in [0.1, 0.15) is 43.7 Å². The minimum absolute atomic E-state index is 0.0410. The van der Waals surface area contributed by atoms with Gasteiger partial charge in [-0.25, -0.2) is 8.42 Å². The van der Waals surface area contributed by atoms with Gasteiger partial charge in [-0.05, 0) is 74.7 Å². The van der Waals surface area contributed by atoms with Gasteiger partial charge in [0.05, 0.1) is 10.6 Å². The van der Waals surface area contributed by atoms with E-state index in [0.29, 0.717) is 10.0 Å². The lowest BCUT2D eigenvalue weighted by atomic mass is 10.1. The number of halogens is 2. The molecule has 2 amide bonds. The summed E-state index contributed by atoms with van der Waals surface area (Å²) in [5.41, 5.74) is 1.86. The molecular formula is C30H33Cl2N3O4S. The standard InChI is InChI=1S/C30H33Cl2N3O4S/c1-21-13-15-28(16-14-21)40(38,39)35(27-12-6-9-25(32)18-27)20-29(36)34(19-23-7-5-8-24(31)17-23)22(2)30(37)33-26-10-3-4-11-26/h5-9,12-18,22,26H,3-4,10-11,19-20H2,1-2H3,(H,33,37)/t22-/m1/s1. The van der Waals surface area contributed by atoms with Gasteiger partial charge in [-0.3, -0.25) is 13.9 Å². The molecule has 0 heterocycles. The summed E-state index contributed by atoms with van der Waals surface area (Å²) in [6.45, 7) is 3.07. The highest BCUT2D eigenvalue weighted by atomic mass is 35.5. The molecule has 1 aliphatic carbocycles. The Morgan fingerprint density at radius 1 is 0.950 bits per heavy atom. The van der Waals surface area contributed by atoms with E-state index < -0.39 is 28.5 Å². The highest BCUT2D eigenvalue weighted by molar-refractivity contribution is 7.92. The molecule has 1 aliphatic rings. The molecule has 0 saturated heterocycles. The van der Waals surface area contributed by atoms with Crippen LogP contribution >= 0.6 is 23.2 Å². The van der Waals surface area contributed by atoms with E-state index >= 15 is 0 Å². The highest BCUT2D eigenvalue weighted by Gasteiger charge is 2.33. The smallest absolute Gasteiger partial charge is 0.264 e. The van der Waals surface area contributed by atoms with Gasteiger partial charge < -0.3 is 10.2 Å². The summed E-state index contributed by atoms with van der Waals surface area (Å²) in [5, 5.41) is 3.88. The summed E-state index contributed by atoms with van der Waals surface area (Å²) in [6.07, 6.45) is 3.90. The van der Waals surface area contributed by atoms with E-state index in [9.17, 15) is 18.0 Å². The van der Waals surface area contributed by atoms with Crippen LogP contribution in [0.15, 0.2) is 77.7 Å². The molecule has 1 fully saturated rings. The van der Waals surface area contributed by atoms with E-state index in [2.05, 4.69) is 5.32 Å². The van der Waals surface area contributed by atoms with Crippen LogP contribution in [0.4, 0.5) is 5.69 Å². The van der Waals surface area contributed by atoms with Crippen LogP contribution in [-0.4, -0.2) is 43.8 Å². The fourth-order valence-electron chi connectivity index (χ4n) is 4.80. The lowest BCUT2D eigenvalue weighted by Crippen LogP contribution is -2.52. The molecule has 10 heteroatoms. The summed E-state index contributed by atoms with van der Waals surface area (Å²) >= 11 is 12.4. The molecule has 1 atom stereocenters. The maximum atomic E-state index is 14.0. The fraction of sp³-hybridized carbons (Fsp3) is 0.333. The number of rotatable bonds is 10. The van der Waals surface area contributed by atoms with Crippen molar-refractivity contribution in [2.45, 2.75) is 63.1 Å². The molecule has 3 aromatic carbocycles. The van der Waals surface area contributed by atoms with Crippen molar-refractivity contribution in [2.75, 3.05) is 10.8 Å². The van der Waals surface area contributed by atoms with Crippen molar-refractivity contribution in [3.05, 3.63) is 94.0 Å². The summed E-state index contributed by atoms with van der Waals surface area (Å²) in [4.78, 5) is 28.7. The molecule has 0 unspecified atom stereocenters. The zero-order chi connectivity index (χ0) is 28.9. The Bertz CT molecular complexity index is 1460. The van der Waals surface area contributed by atoms with E-state index in [1.165, 1.54) is 23.1 Å². The highest BCUT2D eigenvalue weighted by Crippen LogP contribution is 2.27. The zero-order valence-corrected chi connectivity index (χ0v) is 24.8. The average molecular weight is 603 g/mol. The Labute approximate surface area is 246 Å². The second kappa shape index (κ2) is 13.1. The molecule has 3 aromatic rings. The summed E-state index contributed by atoms with van der Waals surface area (Å²) in [6, 6.07) is 19.0. The molecule has 4 rings (SSSR count). The maximum absolute atomic E-state index is 14.0. The topological polar surface area (TPSA) is 86.8 Å². The van der Waals surface area contributed by atoms with Crippen LogP contribution in [0.2, 0.25) is 10.0 Å². The van der Waals surface area contributed by atoms with E-state index in [4.69, 9.17) is 23.2 Å².